The van der Waals surface area contributed by atoms with E-state index in [0.29, 0.717) is 5.75 Å². The van der Waals surface area contributed by atoms with Crippen molar-refractivity contribution in [2.75, 3.05) is 24.3 Å². The van der Waals surface area contributed by atoms with Crippen molar-refractivity contribution in [2.24, 2.45) is 0 Å². The van der Waals surface area contributed by atoms with E-state index in [0.717, 1.165) is 28.1 Å². The van der Waals surface area contributed by atoms with Crippen LogP contribution in [0.4, 0.5) is 11.4 Å². The molecule has 0 aliphatic heterocycles. The summed E-state index contributed by atoms with van der Waals surface area (Å²) < 4.78 is 5.31. The topological polar surface area (TPSA) is 79.5 Å². The second-order valence-corrected chi connectivity index (χ2v) is 6.60. The first-order chi connectivity index (χ1) is 12.8. The fourth-order valence-corrected chi connectivity index (χ4v) is 2.75. The van der Waals surface area contributed by atoms with Crippen molar-refractivity contribution in [3.8, 4) is 5.75 Å². The molecule has 0 saturated heterocycles. The number of amides is 2. The predicted molar refractivity (Wildman–Crippen MR) is 108 cm³/mol. The maximum Gasteiger partial charge on any atom is 0.243 e. The lowest BCUT2D eigenvalue weighted by atomic mass is 10.1. The number of anilines is 2. The molecule has 3 N–H and O–H groups in total. The van der Waals surface area contributed by atoms with Crippen LogP contribution in [0.15, 0.2) is 36.4 Å². The molecule has 6 nitrogen and oxygen atoms in total. The molecule has 0 fully saturated rings. The molecule has 0 heterocycles. The Balaban J connectivity index is 1.91. The van der Waals surface area contributed by atoms with E-state index >= 15 is 0 Å². The van der Waals surface area contributed by atoms with Crippen LogP contribution in [0.25, 0.3) is 0 Å². The molecule has 2 amide bonds. The summed E-state index contributed by atoms with van der Waals surface area (Å²) in [4.78, 5) is 24.5. The monoisotopic (exact) mass is 369 g/mol. The highest BCUT2D eigenvalue weighted by atomic mass is 16.5. The van der Waals surface area contributed by atoms with E-state index < -0.39 is 6.04 Å². The molecule has 0 bridgehead atoms. The lowest BCUT2D eigenvalue weighted by Crippen LogP contribution is -2.41. The third-order valence-electron chi connectivity index (χ3n) is 4.29. The molecule has 144 valence electrons. The Morgan fingerprint density at radius 2 is 1.74 bits per heavy atom. The van der Waals surface area contributed by atoms with Gasteiger partial charge in [-0.3, -0.25) is 9.59 Å². The van der Waals surface area contributed by atoms with Crippen LogP contribution in [0, 0.1) is 20.8 Å². The van der Waals surface area contributed by atoms with Crippen LogP contribution in [-0.2, 0) is 9.59 Å². The van der Waals surface area contributed by atoms with Gasteiger partial charge in [0.15, 0.2) is 0 Å². The van der Waals surface area contributed by atoms with Gasteiger partial charge in [0.05, 0.1) is 19.3 Å². The van der Waals surface area contributed by atoms with Gasteiger partial charge in [-0.25, -0.2) is 0 Å². The number of aryl methyl sites for hydroxylation is 3. The number of hydrogen-bond donors (Lipinski definition) is 3. The Kier molecular flexibility index (Phi) is 6.82. The number of benzene rings is 2. The highest BCUT2D eigenvalue weighted by Gasteiger charge is 2.16. The van der Waals surface area contributed by atoms with Crippen LogP contribution in [0.5, 0.6) is 5.75 Å². The first kappa shape index (κ1) is 20.3. The van der Waals surface area contributed by atoms with Gasteiger partial charge >= 0.3 is 0 Å². The highest BCUT2D eigenvalue weighted by Crippen LogP contribution is 2.25. The van der Waals surface area contributed by atoms with E-state index in [1.165, 1.54) is 0 Å². The van der Waals surface area contributed by atoms with Crippen LogP contribution in [0.3, 0.4) is 0 Å². The number of ether oxygens (including phenoxy) is 1. The zero-order valence-corrected chi connectivity index (χ0v) is 16.5. The number of methoxy groups -OCH3 is 1. The van der Waals surface area contributed by atoms with E-state index in [2.05, 4.69) is 16.0 Å². The largest absolute Gasteiger partial charge is 0.495 e. The molecule has 6 heteroatoms. The lowest BCUT2D eigenvalue weighted by Gasteiger charge is -2.18. The van der Waals surface area contributed by atoms with Crippen molar-refractivity contribution in [3.05, 3.63) is 53.1 Å². The number of hydrogen-bond acceptors (Lipinski definition) is 4. The lowest BCUT2D eigenvalue weighted by molar-refractivity contribution is -0.124. The molecule has 0 unspecified atom stereocenters. The number of carbonyl (C=O) groups is 2. The van der Waals surface area contributed by atoms with Gasteiger partial charge in [0, 0.05) is 5.69 Å². The van der Waals surface area contributed by atoms with E-state index in [1.54, 1.807) is 14.0 Å². The van der Waals surface area contributed by atoms with Gasteiger partial charge in [-0.15, -0.1) is 0 Å². The maximum atomic E-state index is 12.3. The fourth-order valence-electron chi connectivity index (χ4n) is 2.75. The summed E-state index contributed by atoms with van der Waals surface area (Å²) in [6.07, 6.45) is 0. The molecular weight excluding hydrogens is 342 g/mol. The number of rotatable bonds is 7. The molecule has 0 saturated carbocycles. The Morgan fingerprint density at radius 3 is 2.37 bits per heavy atom. The minimum Gasteiger partial charge on any atom is -0.495 e. The van der Waals surface area contributed by atoms with Crippen molar-refractivity contribution in [1.29, 1.82) is 0 Å². The Hall–Kier alpha value is -3.02. The number of para-hydroxylation sites is 1. The zero-order valence-electron chi connectivity index (χ0n) is 16.5. The van der Waals surface area contributed by atoms with Gasteiger partial charge < -0.3 is 20.7 Å². The third-order valence-corrected chi connectivity index (χ3v) is 4.29. The van der Waals surface area contributed by atoms with Crippen LogP contribution in [0.2, 0.25) is 0 Å². The number of carbonyl (C=O) groups excluding carboxylic acids is 2. The predicted octanol–water partition coefficient (Wildman–Crippen LogP) is 3.18. The van der Waals surface area contributed by atoms with Crippen LogP contribution < -0.4 is 20.7 Å². The van der Waals surface area contributed by atoms with Gasteiger partial charge in [0.1, 0.15) is 11.8 Å². The molecule has 0 radical (unpaired) electrons. The summed E-state index contributed by atoms with van der Waals surface area (Å²) in [6, 6.07) is 11.0. The minimum absolute atomic E-state index is 0.0937. The van der Waals surface area contributed by atoms with Crippen molar-refractivity contribution >= 4 is 23.2 Å². The molecule has 0 aliphatic rings. The summed E-state index contributed by atoms with van der Waals surface area (Å²) >= 11 is 0. The van der Waals surface area contributed by atoms with Crippen LogP contribution >= 0.6 is 0 Å². The third kappa shape index (κ3) is 5.48. The Labute approximate surface area is 160 Å². The first-order valence-corrected chi connectivity index (χ1v) is 8.86. The van der Waals surface area contributed by atoms with Crippen molar-refractivity contribution < 1.29 is 14.3 Å². The van der Waals surface area contributed by atoms with E-state index in [1.807, 2.05) is 57.2 Å². The van der Waals surface area contributed by atoms with E-state index in [4.69, 9.17) is 4.74 Å². The summed E-state index contributed by atoms with van der Waals surface area (Å²) in [5.41, 5.74) is 4.54. The van der Waals surface area contributed by atoms with Crippen LogP contribution in [-0.4, -0.2) is 31.5 Å². The molecular formula is C21H27N3O3. The quantitative estimate of drug-likeness (QED) is 0.700. The van der Waals surface area contributed by atoms with Gasteiger partial charge in [0.2, 0.25) is 11.8 Å². The molecule has 0 aromatic heterocycles. The van der Waals surface area contributed by atoms with Gasteiger partial charge in [-0.2, -0.15) is 0 Å². The van der Waals surface area contributed by atoms with Crippen molar-refractivity contribution in [2.45, 2.75) is 33.7 Å². The smallest absolute Gasteiger partial charge is 0.243 e. The van der Waals surface area contributed by atoms with Crippen LogP contribution in [0.1, 0.15) is 23.6 Å². The Morgan fingerprint density at radius 1 is 1.07 bits per heavy atom. The maximum absolute atomic E-state index is 12.3. The Bertz CT molecular complexity index is 813. The van der Waals surface area contributed by atoms with Gasteiger partial charge in [-0.1, -0.05) is 24.3 Å². The van der Waals surface area contributed by atoms with Crippen molar-refractivity contribution in [3.63, 3.8) is 0 Å². The van der Waals surface area contributed by atoms with E-state index in [-0.39, 0.29) is 18.4 Å². The summed E-state index contributed by atoms with van der Waals surface area (Å²) in [6.45, 7) is 7.47. The normalized spacial score (nSPS) is 11.4. The highest BCUT2D eigenvalue weighted by molar-refractivity contribution is 5.96. The summed E-state index contributed by atoms with van der Waals surface area (Å²) in [7, 11) is 1.58. The molecule has 27 heavy (non-hydrogen) atoms. The molecule has 0 spiro atoms. The molecule has 2 aromatic rings. The fraction of sp³-hybridized carbons (Fsp3) is 0.333. The first-order valence-electron chi connectivity index (χ1n) is 8.86. The number of nitrogens with one attached hydrogen (secondary N) is 3. The van der Waals surface area contributed by atoms with E-state index in [9.17, 15) is 9.59 Å². The second-order valence-electron chi connectivity index (χ2n) is 6.60. The minimum atomic E-state index is -0.520. The molecule has 2 rings (SSSR count). The van der Waals surface area contributed by atoms with Gasteiger partial charge in [-0.05, 0) is 56.5 Å². The SMILES string of the molecule is COc1ccc(C)cc1N[C@H](C)C(=O)NCC(=O)Nc1c(C)cccc1C. The molecule has 2 aromatic carbocycles. The molecule has 0 aliphatic carbocycles. The average molecular weight is 369 g/mol. The zero-order chi connectivity index (χ0) is 20.0. The molecule has 1 atom stereocenters. The summed E-state index contributed by atoms with van der Waals surface area (Å²) in [5.74, 6) is 0.129. The summed E-state index contributed by atoms with van der Waals surface area (Å²) in [5, 5.41) is 8.64. The van der Waals surface area contributed by atoms with Crippen molar-refractivity contribution in [1.82, 2.24) is 5.32 Å². The second kappa shape index (κ2) is 9.07. The average Bonchev–Trinajstić information content (AvgIpc) is 2.63. The van der Waals surface area contributed by atoms with Gasteiger partial charge in [0.25, 0.3) is 0 Å². The standard InChI is InChI=1S/C21H27N3O3/c1-13-9-10-18(27-5)17(11-13)23-16(4)21(26)22-12-19(25)24-20-14(2)7-6-8-15(20)3/h6-11,16,23H,12H2,1-5H3,(H,22,26)(H,24,25)/t16-/m1/s1.